The van der Waals surface area contributed by atoms with Crippen molar-refractivity contribution in [2.24, 2.45) is 0 Å². The first-order valence-electron chi connectivity index (χ1n) is 15.3. The summed E-state index contributed by atoms with van der Waals surface area (Å²) in [6.07, 6.45) is 8.35. The number of aromatic hydroxyl groups is 1. The predicted molar refractivity (Wildman–Crippen MR) is 172 cm³/mol. The van der Waals surface area contributed by atoms with E-state index in [1.54, 1.807) is 6.08 Å². The number of benzene rings is 2. The highest BCUT2D eigenvalue weighted by atomic mass is 16.4. The third kappa shape index (κ3) is 7.39. The van der Waals surface area contributed by atoms with Gasteiger partial charge in [-0.05, 0) is 99.6 Å². The lowest BCUT2D eigenvalue weighted by molar-refractivity contribution is -0.131. The monoisotopic (exact) mass is 548 g/mol. The minimum Gasteiger partial charge on any atom is -0.507 e. The van der Waals surface area contributed by atoms with Crippen molar-refractivity contribution in [3.8, 4) is 5.75 Å². The van der Waals surface area contributed by atoms with Gasteiger partial charge in [0.05, 0.1) is 0 Å². The molecule has 0 radical (unpaired) electrons. The number of phenols is 1. The van der Waals surface area contributed by atoms with E-state index in [1.165, 1.54) is 22.8 Å². The number of phenolic OH excluding ortho intramolecular Hbond substituents is 1. The third-order valence-electron chi connectivity index (χ3n) is 10.1. The molecule has 2 aromatic carbocycles. The van der Waals surface area contributed by atoms with Crippen LogP contribution in [0.3, 0.4) is 0 Å². The minimum atomic E-state index is -0.942. The van der Waals surface area contributed by atoms with Gasteiger partial charge in [-0.3, -0.25) is 0 Å². The fourth-order valence-corrected chi connectivity index (χ4v) is 5.07. The van der Waals surface area contributed by atoms with Gasteiger partial charge in [-0.2, -0.15) is 0 Å². The van der Waals surface area contributed by atoms with Crippen molar-refractivity contribution < 1.29 is 15.0 Å². The SMILES string of the molecule is CCC(C)(C)c1cc(CCc2cc(C(C)(C)CC)cc(C(C)(C)CC)c2C=CC(=O)O)c(O)c(C(C)(C)CC)c1. The Hall–Kier alpha value is -2.55. The smallest absolute Gasteiger partial charge is 0.328 e. The van der Waals surface area contributed by atoms with E-state index >= 15 is 0 Å². The molecule has 40 heavy (non-hydrogen) atoms. The lowest BCUT2D eigenvalue weighted by Crippen LogP contribution is -2.23. The van der Waals surface area contributed by atoms with Gasteiger partial charge in [0.15, 0.2) is 0 Å². The maximum atomic E-state index is 11.6. The van der Waals surface area contributed by atoms with Crippen molar-refractivity contribution in [1.29, 1.82) is 0 Å². The van der Waals surface area contributed by atoms with Crippen LogP contribution in [0.25, 0.3) is 6.08 Å². The molecule has 0 saturated carbocycles. The topological polar surface area (TPSA) is 57.5 Å². The van der Waals surface area contributed by atoms with Gasteiger partial charge in [-0.15, -0.1) is 0 Å². The molecule has 0 amide bonds. The summed E-state index contributed by atoms with van der Waals surface area (Å²) < 4.78 is 0. The highest BCUT2D eigenvalue weighted by Gasteiger charge is 2.30. The van der Waals surface area contributed by atoms with Crippen LogP contribution < -0.4 is 0 Å². The molecule has 0 aromatic heterocycles. The molecule has 0 saturated heterocycles. The van der Waals surface area contributed by atoms with Gasteiger partial charge in [0.1, 0.15) is 5.75 Å². The van der Waals surface area contributed by atoms with E-state index in [0.717, 1.165) is 54.4 Å². The van der Waals surface area contributed by atoms with E-state index in [0.29, 0.717) is 12.2 Å². The van der Waals surface area contributed by atoms with Crippen LogP contribution in [0.2, 0.25) is 0 Å². The van der Waals surface area contributed by atoms with E-state index in [1.807, 2.05) is 0 Å². The second kappa shape index (κ2) is 12.5. The summed E-state index contributed by atoms with van der Waals surface area (Å²) in [4.78, 5) is 11.6. The van der Waals surface area contributed by atoms with Gasteiger partial charge < -0.3 is 10.2 Å². The molecule has 222 valence electrons. The van der Waals surface area contributed by atoms with Crippen molar-refractivity contribution in [2.45, 2.75) is 143 Å². The molecule has 0 aliphatic carbocycles. The van der Waals surface area contributed by atoms with Crippen LogP contribution >= 0.6 is 0 Å². The molecule has 0 unspecified atom stereocenters. The van der Waals surface area contributed by atoms with Crippen molar-refractivity contribution >= 4 is 12.0 Å². The summed E-state index contributed by atoms with van der Waals surface area (Å²) >= 11 is 0. The summed E-state index contributed by atoms with van der Waals surface area (Å²) in [7, 11) is 0. The highest BCUT2D eigenvalue weighted by Crippen LogP contribution is 2.42. The van der Waals surface area contributed by atoms with E-state index in [-0.39, 0.29) is 21.7 Å². The molecule has 0 aliphatic rings. The molecule has 2 aromatic rings. The molecule has 2 rings (SSSR count). The Bertz CT molecular complexity index is 1220. The third-order valence-corrected chi connectivity index (χ3v) is 10.1. The molecular formula is C37H56O3. The Balaban J connectivity index is 2.82. The first-order valence-corrected chi connectivity index (χ1v) is 15.3. The number of hydrogen-bond acceptors (Lipinski definition) is 2. The Morgan fingerprint density at radius 2 is 1.05 bits per heavy atom. The number of carboxylic acids is 1. The second-order valence-corrected chi connectivity index (χ2v) is 14.2. The Morgan fingerprint density at radius 3 is 1.50 bits per heavy atom. The normalized spacial score (nSPS) is 13.3. The molecule has 3 heteroatoms. The molecule has 0 bridgehead atoms. The minimum absolute atomic E-state index is 0.000205. The lowest BCUT2D eigenvalue weighted by Gasteiger charge is -2.32. The van der Waals surface area contributed by atoms with Crippen LogP contribution in [0.15, 0.2) is 30.3 Å². The molecular weight excluding hydrogens is 492 g/mol. The van der Waals surface area contributed by atoms with Crippen molar-refractivity contribution in [3.63, 3.8) is 0 Å². The standard InChI is InChI=1S/C37H56O3/c1-13-34(5,6)27-21-25(29(19-20-32(38)39)30(23-27)36(9,10)15-3)17-18-26-22-28(35(7,8)14-2)24-31(33(26)40)37(11,12)16-4/h19-24,40H,13-18H2,1-12H3,(H,38,39). The summed E-state index contributed by atoms with van der Waals surface area (Å²) in [5.41, 5.74) is 7.62. The van der Waals surface area contributed by atoms with Crippen LogP contribution in [0.5, 0.6) is 5.75 Å². The molecule has 3 nitrogen and oxygen atoms in total. The van der Waals surface area contributed by atoms with Crippen molar-refractivity contribution in [2.75, 3.05) is 0 Å². The maximum absolute atomic E-state index is 11.6. The zero-order chi connectivity index (χ0) is 30.7. The van der Waals surface area contributed by atoms with Gasteiger partial charge in [0, 0.05) is 11.6 Å². The lowest BCUT2D eigenvalue weighted by atomic mass is 9.72. The molecule has 2 N–H and O–H groups in total. The number of aliphatic carboxylic acids is 1. The van der Waals surface area contributed by atoms with Gasteiger partial charge in [-0.1, -0.05) is 107 Å². The quantitative estimate of drug-likeness (QED) is 0.245. The summed E-state index contributed by atoms with van der Waals surface area (Å²) in [5, 5.41) is 21.1. The van der Waals surface area contributed by atoms with Crippen LogP contribution in [0.4, 0.5) is 0 Å². The summed E-state index contributed by atoms with van der Waals surface area (Å²) in [6, 6.07) is 9.02. The molecule has 0 heterocycles. The van der Waals surface area contributed by atoms with Crippen LogP contribution in [-0.2, 0) is 39.3 Å². The number of carboxylic acid groups (broad SMARTS) is 1. The van der Waals surface area contributed by atoms with Gasteiger partial charge in [-0.25, -0.2) is 4.79 Å². The zero-order valence-corrected chi connectivity index (χ0v) is 27.5. The zero-order valence-electron chi connectivity index (χ0n) is 27.5. The number of aryl methyl sites for hydroxylation is 2. The summed E-state index contributed by atoms with van der Waals surface area (Å²) in [6.45, 7) is 26.8. The fraction of sp³-hybridized carbons (Fsp3) is 0.595. The summed E-state index contributed by atoms with van der Waals surface area (Å²) in [5.74, 6) is -0.535. The van der Waals surface area contributed by atoms with Crippen molar-refractivity contribution in [3.05, 3.63) is 69.3 Å². The average molecular weight is 549 g/mol. The molecule has 0 aliphatic heterocycles. The van der Waals surface area contributed by atoms with Crippen LogP contribution in [-0.4, -0.2) is 16.2 Å². The average Bonchev–Trinajstić information content (AvgIpc) is 2.90. The number of carbonyl (C=O) groups is 1. The first kappa shape index (κ1) is 33.7. The predicted octanol–water partition coefficient (Wildman–Crippen LogP) is 10.0. The Labute approximate surface area is 245 Å². The van der Waals surface area contributed by atoms with Crippen molar-refractivity contribution in [1.82, 2.24) is 0 Å². The van der Waals surface area contributed by atoms with E-state index in [9.17, 15) is 15.0 Å². The first-order chi connectivity index (χ1) is 18.4. The van der Waals surface area contributed by atoms with E-state index in [2.05, 4.69) is 107 Å². The van der Waals surface area contributed by atoms with E-state index in [4.69, 9.17) is 0 Å². The second-order valence-electron chi connectivity index (χ2n) is 14.2. The van der Waals surface area contributed by atoms with Crippen LogP contribution in [0.1, 0.15) is 148 Å². The fourth-order valence-electron chi connectivity index (χ4n) is 5.07. The van der Waals surface area contributed by atoms with Crippen LogP contribution in [0, 0.1) is 0 Å². The number of hydrogen-bond donors (Lipinski definition) is 2. The Kier molecular flexibility index (Phi) is 10.5. The highest BCUT2D eigenvalue weighted by molar-refractivity contribution is 5.86. The van der Waals surface area contributed by atoms with Gasteiger partial charge in [0.2, 0.25) is 0 Å². The van der Waals surface area contributed by atoms with Gasteiger partial charge >= 0.3 is 5.97 Å². The molecule has 0 atom stereocenters. The largest absolute Gasteiger partial charge is 0.507 e. The molecule has 0 fully saturated rings. The van der Waals surface area contributed by atoms with E-state index < -0.39 is 5.97 Å². The number of rotatable bonds is 13. The molecule has 0 spiro atoms. The van der Waals surface area contributed by atoms with Gasteiger partial charge in [0.25, 0.3) is 0 Å². The Morgan fingerprint density at radius 1 is 0.650 bits per heavy atom. The maximum Gasteiger partial charge on any atom is 0.328 e.